The summed E-state index contributed by atoms with van der Waals surface area (Å²) in [6, 6.07) is 25.0. The summed E-state index contributed by atoms with van der Waals surface area (Å²) >= 11 is 1.52. The van der Waals surface area contributed by atoms with Crippen LogP contribution in [-0.2, 0) is 32.8 Å². The van der Waals surface area contributed by atoms with E-state index in [4.69, 9.17) is 4.42 Å². The minimum atomic E-state index is -3.97. The van der Waals surface area contributed by atoms with E-state index in [1.807, 2.05) is 11.0 Å². The largest absolute Gasteiger partial charge is 0.447 e. The fraction of sp³-hybridized carbons (Fsp3) is 0.178. The number of rotatable bonds is 12. The van der Waals surface area contributed by atoms with Crippen LogP contribution in [0.3, 0.4) is 0 Å². The molecule has 0 saturated carbocycles. The zero-order valence-electron chi connectivity index (χ0n) is 33.6. The van der Waals surface area contributed by atoms with Crippen LogP contribution < -0.4 is 20.4 Å². The number of sulfone groups is 2. The number of aromatic nitrogens is 3. The molecule has 1 fully saturated rings. The molecule has 14 nitrogen and oxygen atoms in total. The molecule has 0 unspecified atom stereocenters. The van der Waals surface area contributed by atoms with Gasteiger partial charge in [0.15, 0.2) is 22.2 Å². The SMILES string of the molecule is Cc1nc(S(=O)(=O)c2ccc(CNC(=O)c3cc4ccnc(N5CSc6cc(C(=O)NCc7ccc(S(=O)(=O)c8cncc(N9CCCC9)c8)cc7)ccc65)c4o3)cc2)ccc1F. The molecule has 6 heterocycles. The molecule has 2 amide bonds. The number of fused-ring (bicyclic) bond motifs is 2. The molecule has 0 atom stereocenters. The Morgan fingerprint density at radius 3 is 2.16 bits per heavy atom. The standard InChI is InChI=1S/C45H38FN7O7S3/c1-28-37(46)13-15-41(51-28)63(58,59)35-11-6-30(7-12-35)24-50-45(55)39-20-31-16-17-48-43(42(31)60-39)53-27-61-40-21-32(8-14-38(40)53)44(54)49-23-29-4-9-34(10-5-29)62(56,57)36-22-33(25-47-26-36)52-18-2-3-19-52/h4-17,20-22,25-26H,2-3,18-19,23-24,27H2,1H3,(H,49,54)(H,50,55). The summed E-state index contributed by atoms with van der Waals surface area (Å²) in [6.45, 7) is 3.42. The monoisotopic (exact) mass is 903 g/mol. The lowest BCUT2D eigenvalue weighted by Gasteiger charge is -2.17. The van der Waals surface area contributed by atoms with Gasteiger partial charge >= 0.3 is 0 Å². The first-order valence-electron chi connectivity index (χ1n) is 19.9. The maximum Gasteiger partial charge on any atom is 0.287 e. The number of hydrogen-bond acceptors (Lipinski definition) is 13. The Kier molecular flexibility index (Phi) is 11.2. The van der Waals surface area contributed by atoms with Crippen LogP contribution in [0.1, 0.15) is 50.6 Å². The number of halogens is 1. The van der Waals surface area contributed by atoms with Crippen LogP contribution in [0, 0.1) is 12.7 Å². The summed E-state index contributed by atoms with van der Waals surface area (Å²) < 4.78 is 72.6. The number of benzene rings is 3. The predicted molar refractivity (Wildman–Crippen MR) is 234 cm³/mol. The van der Waals surface area contributed by atoms with E-state index < -0.39 is 31.4 Å². The molecule has 9 rings (SSSR count). The van der Waals surface area contributed by atoms with Crippen molar-refractivity contribution in [3.63, 3.8) is 0 Å². The van der Waals surface area contributed by atoms with Gasteiger partial charge in [-0.3, -0.25) is 14.6 Å². The van der Waals surface area contributed by atoms with Crippen molar-refractivity contribution in [1.82, 2.24) is 25.6 Å². The quantitative estimate of drug-likeness (QED) is 0.124. The number of furan rings is 1. The van der Waals surface area contributed by atoms with Gasteiger partial charge in [-0.2, -0.15) is 0 Å². The van der Waals surface area contributed by atoms with Gasteiger partial charge < -0.3 is 24.9 Å². The second kappa shape index (κ2) is 16.9. The Morgan fingerprint density at radius 1 is 0.778 bits per heavy atom. The van der Waals surface area contributed by atoms with E-state index in [1.54, 1.807) is 79.1 Å². The van der Waals surface area contributed by atoms with Gasteiger partial charge in [0.25, 0.3) is 11.8 Å². The Labute approximate surface area is 366 Å². The van der Waals surface area contributed by atoms with Crippen LogP contribution in [-0.4, -0.2) is 62.6 Å². The molecule has 1 saturated heterocycles. The highest BCUT2D eigenvalue weighted by molar-refractivity contribution is 8.00. The first-order chi connectivity index (χ1) is 30.3. The molecule has 2 aliphatic rings. The molecule has 0 spiro atoms. The minimum absolute atomic E-state index is 0.0156. The van der Waals surface area contributed by atoms with Gasteiger partial charge in [-0.25, -0.2) is 31.2 Å². The van der Waals surface area contributed by atoms with E-state index in [-0.39, 0.29) is 50.2 Å². The van der Waals surface area contributed by atoms with Crippen molar-refractivity contribution >= 4 is 71.4 Å². The second-order valence-electron chi connectivity index (χ2n) is 15.0. The van der Waals surface area contributed by atoms with Crippen molar-refractivity contribution in [3.05, 3.63) is 150 Å². The maximum absolute atomic E-state index is 13.7. The average molecular weight is 904 g/mol. The summed E-state index contributed by atoms with van der Waals surface area (Å²) in [5, 5.41) is 6.13. The van der Waals surface area contributed by atoms with Crippen LogP contribution in [0.2, 0.25) is 0 Å². The van der Waals surface area contributed by atoms with Crippen molar-refractivity contribution in [1.29, 1.82) is 0 Å². The second-order valence-corrected chi connectivity index (χ2v) is 19.8. The zero-order chi connectivity index (χ0) is 43.9. The molecule has 0 radical (unpaired) electrons. The Balaban J connectivity index is 0.823. The summed E-state index contributed by atoms with van der Waals surface area (Å²) in [6.07, 6.45) is 6.82. The van der Waals surface area contributed by atoms with Gasteiger partial charge in [-0.15, -0.1) is 11.8 Å². The van der Waals surface area contributed by atoms with Gasteiger partial charge in [0.1, 0.15) is 5.82 Å². The molecule has 320 valence electrons. The molecule has 3 aromatic carbocycles. The number of pyridine rings is 3. The highest BCUT2D eigenvalue weighted by Crippen LogP contribution is 2.45. The summed E-state index contributed by atoms with van der Waals surface area (Å²) in [5.41, 5.74) is 3.82. The maximum atomic E-state index is 13.7. The summed E-state index contributed by atoms with van der Waals surface area (Å²) in [4.78, 5) is 44.4. The number of hydrogen-bond donors (Lipinski definition) is 2. The Morgan fingerprint density at radius 2 is 1.46 bits per heavy atom. The third-order valence-corrected chi connectivity index (χ3v) is 15.3. The number of carbonyl (C=O) groups is 2. The topological polar surface area (TPSA) is 185 Å². The van der Waals surface area contributed by atoms with E-state index >= 15 is 0 Å². The molecule has 2 aliphatic heterocycles. The van der Waals surface area contributed by atoms with Crippen LogP contribution >= 0.6 is 11.8 Å². The van der Waals surface area contributed by atoms with E-state index in [1.165, 1.54) is 37.0 Å². The third-order valence-electron chi connectivity index (χ3n) is 10.9. The van der Waals surface area contributed by atoms with Gasteiger partial charge in [0.05, 0.1) is 43.8 Å². The molecule has 18 heteroatoms. The number of nitrogens with one attached hydrogen (secondary N) is 2. The molecule has 0 bridgehead atoms. The smallest absolute Gasteiger partial charge is 0.287 e. The number of anilines is 3. The number of nitrogens with zero attached hydrogens (tertiary/aromatic N) is 5. The summed E-state index contributed by atoms with van der Waals surface area (Å²) in [5.74, 6) is -0.335. The fourth-order valence-electron chi connectivity index (χ4n) is 7.38. The molecular formula is C45H38FN7O7S3. The van der Waals surface area contributed by atoms with E-state index in [9.17, 15) is 30.8 Å². The molecule has 0 aliphatic carbocycles. The van der Waals surface area contributed by atoms with Gasteiger partial charge in [-0.1, -0.05) is 24.3 Å². The first kappa shape index (κ1) is 41.7. The van der Waals surface area contributed by atoms with E-state index in [0.29, 0.717) is 33.8 Å². The zero-order valence-corrected chi connectivity index (χ0v) is 36.1. The van der Waals surface area contributed by atoms with E-state index in [0.717, 1.165) is 59.9 Å². The van der Waals surface area contributed by atoms with Crippen LogP contribution in [0.25, 0.3) is 11.0 Å². The minimum Gasteiger partial charge on any atom is -0.447 e. The van der Waals surface area contributed by atoms with Gasteiger partial charge in [-0.05, 0) is 104 Å². The van der Waals surface area contributed by atoms with Crippen molar-refractivity contribution in [2.24, 2.45) is 0 Å². The molecule has 7 aromatic rings. The van der Waals surface area contributed by atoms with Crippen molar-refractivity contribution in [3.8, 4) is 0 Å². The van der Waals surface area contributed by atoms with Gasteiger partial charge in [0, 0.05) is 54.4 Å². The number of thioether (sulfide) groups is 1. The lowest BCUT2D eigenvalue weighted by atomic mass is 10.1. The predicted octanol–water partition coefficient (Wildman–Crippen LogP) is 7.39. The fourth-order valence-corrected chi connectivity index (χ4v) is 10.9. The van der Waals surface area contributed by atoms with Crippen molar-refractivity contribution in [2.45, 2.75) is 57.5 Å². The number of aryl methyl sites for hydroxylation is 1. The van der Waals surface area contributed by atoms with Crippen molar-refractivity contribution in [2.75, 3.05) is 28.8 Å². The normalized spacial score (nSPS) is 13.9. The highest BCUT2D eigenvalue weighted by Gasteiger charge is 2.28. The molecule has 4 aromatic heterocycles. The van der Waals surface area contributed by atoms with Crippen LogP contribution in [0.15, 0.2) is 145 Å². The van der Waals surface area contributed by atoms with Crippen LogP contribution in [0.4, 0.5) is 21.6 Å². The van der Waals surface area contributed by atoms with E-state index in [2.05, 4.69) is 30.5 Å². The Hall–Kier alpha value is -6.63. The molecular weight excluding hydrogens is 866 g/mol. The average Bonchev–Trinajstić information content (AvgIpc) is 4.10. The summed E-state index contributed by atoms with van der Waals surface area (Å²) in [7, 11) is -7.76. The third kappa shape index (κ3) is 8.36. The van der Waals surface area contributed by atoms with Crippen molar-refractivity contribution < 1.29 is 35.2 Å². The lowest BCUT2D eigenvalue weighted by Crippen LogP contribution is -2.23. The number of amides is 2. The first-order valence-corrected chi connectivity index (χ1v) is 23.8. The lowest BCUT2D eigenvalue weighted by molar-refractivity contribution is 0.0923. The molecule has 2 N–H and O–H groups in total. The number of carbonyl (C=O) groups excluding carboxylic acids is 2. The van der Waals surface area contributed by atoms with Gasteiger partial charge in [0.2, 0.25) is 19.7 Å². The Bertz CT molecular complexity index is 3140. The van der Waals surface area contributed by atoms with Crippen LogP contribution in [0.5, 0.6) is 0 Å². The molecule has 63 heavy (non-hydrogen) atoms. The highest BCUT2D eigenvalue weighted by atomic mass is 32.2.